The number of cyclic esters (lactones) is 1. The molecule has 1 aliphatic rings. The van der Waals surface area contributed by atoms with Crippen LogP contribution in [0.15, 0.2) is 47.6 Å². The van der Waals surface area contributed by atoms with Crippen molar-refractivity contribution in [3.05, 3.63) is 47.6 Å². The Balaban J connectivity index is 2.73. The second kappa shape index (κ2) is 15.3. The van der Waals surface area contributed by atoms with Gasteiger partial charge in [0.15, 0.2) is 6.10 Å². The minimum Gasteiger partial charge on any atom is -0.466 e. The summed E-state index contributed by atoms with van der Waals surface area (Å²) in [5.41, 5.74) is 2.08. The topological polar surface area (TPSA) is 99.1 Å². The molecule has 1 aliphatic heterocycles. The van der Waals surface area contributed by atoms with Crippen molar-refractivity contribution in [3.63, 3.8) is 0 Å². The number of rotatable bonds is 13. The highest BCUT2D eigenvalue weighted by Gasteiger charge is 2.34. The number of carbonyl (C=O) groups is 3. The zero-order chi connectivity index (χ0) is 25.7. The first-order valence-corrected chi connectivity index (χ1v) is 11.9. The van der Waals surface area contributed by atoms with Crippen molar-refractivity contribution < 1.29 is 33.7 Å². The molecule has 7 nitrogen and oxygen atoms in total. The highest BCUT2D eigenvalue weighted by molar-refractivity contribution is 5.85. The third kappa shape index (κ3) is 11.5. The summed E-state index contributed by atoms with van der Waals surface area (Å²) in [4.78, 5) is 35.2. The molecule has 0 saturated heterocycles. The molecule has 0 aromatic rings. The molecule has 0 spiro atoms. The molecule has 0 aliphatic carbocycles. The Kier molecular flexibility index (Phi) is 13.2. The van der Waals surface area contributed by atoms with Gasteiger partial charge in [-0.3, -0.25) is 4.79 Å². The Morgan fingerprint density at radius 1 is 1.21 bits per heavy atom. The van der Waals surface area contributed by atoms with Gasteiger partial charge in [-0.15, -0.1) is 0 Å². The molecule has 0 aromatic carbocycles. The van der Waals surface area contributed by atoms with E-state index in [0.717, 1.165) is 18.4 Å². The number of aliphatic hydroxyl groups is 1. The van der Waals surface area contributed by atoms with Crippen LogP contribution in [0.3, 0.4) is 0 Å². The van der Waals surface area contributed by atoms with E-state index in [1.807, 2.05) is 19.9 Å². The average Bonchev–Trinajstić information content (AvgIpc) is 2.77. The van der Waals surface area contributed by atoms with E-state index in [0.29, 0.717) is 12.3 Å². The number of esters is 3. The largest absolute Gasteiger partial charge is 0.466 e. The molecule has 7 heteroatoms. The molecule has 1 heterocycles. The van der Waals surface area contributed by atoms with Crippen molar-refractivity contribution in [1.29, 1.82) is 0 Å². The summed E-state index contributed by atoms with van der Waals surface area (Å²) in [7, 11) is 0. The molecule has 1 rings (SSSR count). The molecule has 0 unspecified atom stereocenters. The molecule has 0 amide bonds. The minimum absolute atomic E-state index is 0.0134. The minimum atomic E-state index is -0.655. The number of allylic oxidation sites excluding steroid dienone is 4. The van der Waals surface area contributed by atoms with Crippen LogP contribution in [-0.2, 0) is 28.6 Å². The van der Waals surface area contributed by atoms with Crippen LogP contribution < -0.4 is 0 Å². The summed E-state index contributed by atoms with van der Waals surface area (Å²) >= 11 is 0. The first kappa shape index (κ1) is 29.4. The second-order valence-electron chi connectivity index (χ2n) is 9.13. The quantitative estimate of drug-likeness (QED) is 0.138. The number of carbonyl (C=O) groups excluding carboxylic acids is 3. The summed E-state index contributed by atoms with van der Waals surface area (Å²) in [5, 5.41) is 9.51. The maximum absolute atomic E-state index is 12.4. The van der Waals surface area contributed by atoms with Crippen molar-refractivity contribution in [2.75, 3.05) is 13.2 Å². The van der Waals surface area contributed by atoms with Crippen LogP contribution in [0.4, 0.5) is 0 Å². The molecule has 0 fully saturated rings. The Morgan fingerprint density at radius 3 is 2.53 bits per heavy atom. The summed E-state index contributed by atoms with van der Waals surface area (Å²) in [5.74, 6) is -1.12. The molecule has 0 radical (unpaired) electrons. The summed E-state index contributed by atoms with van der Waals surface area (Å²) in [6.07, 6.45) is 10.8. The number of aliphatic hydroxyl groups excluding tert-OH is 1. The fourth-order valence-electron chi connectivity index (χ4n) is 3.97. The van der Waals surface area contributed by atoms with E-state index < -0.39 is 24.1 Å². The monoisotopic (exact) mass is 476 g/mol. The molecule has 0 saturated carbocycles. The summed E-state index contributed by atoms with van der Waals surface area (Å²) in [6, 6.07) is 0. The maximum atomic E-state index is 12.4. The Labute approximate surface area is 203 Å². The van der Waals surface area contributed by atoms with Gasteiger partial charge in [0, 0.05) is 31.6 Å². The van der Waals surface area contributed by atoms with Gasteiger partial charge in [0.05, 0.1) is 6.61 Å². The SMILES string of the molecule is C/C=C(\C)C[C@H](C)C[C@H](C)[C@H]1OC(=O)C=C[C@H]1OC(=O)/C=C/C(C)=C/[C@@H](CO)CCOC(C)=O. The molecule has 34 heavy (non-hydrogen) atoms. The Hall–Kier alpha value is -2.67. The third-order valence-corrected chi connectivity index (χ3v) is 5.76. The molecular weight excluding hydrogens is 436 g/mol. The lowest BCUT2D eigenvalue weighted by Gasteiger charge is -2.32. The zero-order valence-corrected chi connectivity index (χ0v) is 21.3. The Morgan fingerprint density at radius 2 is 1.91 bits per heavy atom. The van der Waals surface area contributed by atoms with Crippen LogP contribution in [0, 0.1) is 17.8 Å². The molecule has 0 bridgehead atoms. The average molecular weight is 477 g/mol. The van der Waals surface area contributed by atoms with Crippen LogP contribution in [0.1, 0.15) is 60.8 Å². The fraction of sp³-hybridized carbons (Fsp3) is 0.593. The predicted octanol–water partition coefficient (Wildman–Crippen LogP) is 4.46. The number of hydrogen-bond donors (Lipinski definition) is 1. The molecule has 190 valence electrons. The first-order valence-electron chi connectivity index (χ1n) is 11.9. The normalized spacial score (nSPS) is 21.7. The van der Waals surface area contributed by atoms with Crippen LogP contribution in [0.5, 0.6) is 0 Å². The van der Waals surface area contributed by atoms with Gasteiger partial charge in [-0.2, -0.15) is 0 Å². The first-order chi connectivity index (χ1) is 16.0. The van der Waals surface area contributed by atoms with Crippen molar-refractivity contribution in [2.45, 2.75) is 73.0 Å². The van der Waals surface area contributed by atoms with E-state index in [9.17, 15) is 19.5 Å². The van der Waals surface area contributed by atoms with E-state index in [4.69, 9.17) is 14.2 Å². The second-order valence-corrected chi connectivity index (χ2v) is 9.13. The van der Waals surface area contributed by atoms with Gasteiger partial charge < -0.3 is 19.3 Å². The van der Waals surface area contributed by atoms with Gasteiger partial charge in [0.2, 0.25) is 0 Å². The Bertz CT molecular complexity index is 806. The fourth-order valence-corrected chi connectivity index (χ4v) is 3.97. The van der Waals surface area contributed by atoms with Crippen molar-refractivity contribution in [3.8, 4) is 0 Å². The van der Waals surface area contributed by atoms with Gasteiger partial charge in [0.25, 0.3) is 0 Å². The van der Waals surface area contributed by atoms with E-state index in [1.165, 1.54) is 24.6 Å². The van der Waals surface area contributed by atoms with Crippen LogP contribution >= 0.6 is 0 Å². The lowest BCUT2D eigenvalue weighted by Crippen LogP contribution is -2.41. The highest BCUT2D eigenvalue weighted by atomic mass is 16.6. The van der Waals surface area contributed by atoms with Gasteiger partial charge in [0.1, 0.15) is 6.10 Å². The maximum Gasteiger partial charge on any atom is 0.331 e. The lowest BCUT2D eigenvalue weighted by atomic mass is 9.86. The van der Waals surface area contributed by atoms with Gasteiger partial charge in [-0.1, -0.05) is 43.2 Å². The predicted molar refractivity (Wildman–Crippen MR) is 131 cm³/mol. The van der Waals surface area contributed by atoms with Crippen molar-refractivity contribution in [1.82, 2.24) is 0 Å². The van der Waals surface area contributed by atoms with Crippen molar-refractivity contribution in [2.24, 2.45) is 17.8 Å². The smallest absolute Gasteiger partial charge is 0.331 e. The van der Waals surface area contributed by atoms with E-state index in [1.54, 1.807) is 19.1 Å². The van der Waals surface area contributed by atoms with E-state index in [2.05, 4.69) is 19.9 Å². The van der Waals surface area contributed by atoms with Gasteiger partial charge in [-0.05, 0) is 57.9 Å². The third-order valence-electron chi connectivity index (χ3n) is 5.76. The molecule has 5 atom stereocenters. The molecule has 1 N–H and O–H groups in total. The van der Waals surface area contributed by atoms with Gasteiger partial charge >= 0.3 is 17.9 Å². The molecular formula is C27H40O7. The number of hydrogen-bond acceptors (Lipinski definition) is 7. The van der Waals surface area contributed by atoms with Crippen molar-refractivity contribution >= 4 is 17.9 Å². The zero-order valence-electron chi connectivity index (χ0n) is 21.3. The summed E-state index contributed by atoms with van der Waals surface area (Å²) < 4.78 is 16.0. The van der Waals surface area contributed by atoms with Gasteiger partial charge in [-0.25, -0.2) is 9.59 Å². The lowest BCUT2D eigenvalue weighted by molar-refractivity contribution is -0.164. The van der Waals surface area contributed by atoms with E-state index >= 15 is 0 Å². The molecule has 0 aromatic heterocycles. The summed E-state index contributed by atoms with van der Waals surface area (Å²) in [6.45, 7) is 11.5. The van der Waals surface area contributed by atoms with Crippen LogP contribution in [0.25, 0.3) is 0 Å². The van der Waals surface area contributed by atoms with E-state index in [-0.39, 0.29) is 31.0 Å². The number of ether oxygens (including phenoxy) is 3. The highest BCUT2D eigenvalue weighted by Crippen LogP contribution is 2.28. The van der Waals surface area contributed by atoms with Crippen LogP contribution in [0.2, 0.25) is 0 Å². The van der Waals surface area contributed by atoms with Crippen LogP contribution in [-0.4, -0.2) is 48.4 Å². The standard InChI is InChI=1S/C27H40O7/c1-7-18(2)14-20(4)15-21(5)27-24(9-11-26(31)34-27)33-25(30)10-8-19(3)16-23(17-28)12-13-32-22(6)29/h7-11,16,20-21,23-24,27-28H,12-15,17H2,1-6H3/b10-8+,18-7+,19-16+/t20-,21-,23-,24+,27+/m0/s1.